The van der Waals surface area contributed by atoms with Crippen molar-refractivity contribution in [3.63, 3.8) is 0 Å². The van der Waals surface area contributed by atoms with Gasteiger partial charge in [-0.25, -0.2) is 19.2 Å². The Morgan fingerprint density at radius 2 is 1.86 bits per heavy atom. The first-order chi connectivity index (χ1) is 13.2. The number of carbonyl (C=O) groups is 5. The molecule has 146 valence electrons. The van der Waals surface area contributed by atoms with Crippen LogP contribution in [0, 0.1) is 0 Å². The van der Waals surface area contributed by atoms with Gasteiger partial charge < -0.3 is 14.2 Å². The third kappa shape index (κ3) is 5.00. The molecule has 0 saturated heterocycles. The highest BCUT2D eigenvalue weighted by atomic mass is 16.6. The number of hydrogen-bond donors (Lipinski definition) is 0. The highest BCUT2D eigenvalue weighted by Gasteiger charge is 2.31. The van der Waals surface area contributed by atoms with Crippen LogP contribution in [0.15, 0.2) is 43.0 Å². The molecule has 1 aliphatic heterocycles. The Morgan fingerprint density at radius 1 is 1.18 bits per heavy atom. The summed E-state index contributed by atoms with van der Waals surface area (Å²) in [6, 6.07) is 3.79. The number of esters is 4. The van der Waals surface area contributed by atoms with Crippen LogP contribution in [0.3, 0.4) is 0 Å². The summed E-state index contributed by atoms with van der Waals surface area (Å²) in [5.41, 5.74) is 0.210. The van der Waals surface area contributed by atoms with E-state index in [1.54, 1.807) is 0 Å². The smallest absolute Gasteiger partial charge is 0.346 e. The van der Waals surface area contributed by atoms with Crippen LogP contribution in [-0.4, -0.2) is 42.4 Å². The van der Waals surface area contributed by atoms with Crippen molar-refractivity contribution in [2.24, 2.45) is 0 Å². The fraction of sp³-hybridized carbons (Fsp3) is 0.250. The minimum Gasteiger partial charge on any atom is -0.458 e. The predicted octanol–water partition coefficient (Wildman–Crippen LogP) is 2.18. The van der Waals surface area contributed by atoms with Crippen molar-refractivity contribution in [1.29, 1.82) is 0 Å². The highest BCUT2D eigenvalue weighted by molar-refractivity contribution is 6.15. The SMILES string of the molecule is C=CC(=O)CCC(COC(=O)C(=C)C)OC(=O)c1ccc2c(c1)C(=O)OC2=O. The molecule has 1 aliphatic rings. The molecule has 0 N–H and O–H groups in total. The van der Waals surface area contributed by atoms with Crippen LogP contribution in [-0.2, 0) is 23.8 Å². The van der Waals surface area contributed by atoms with Gasteiger partial charge in [0.15, 0.2) is 5.78 Å². The number of ether oxygens (including phenoxy) is 3. The fourth-order valence-electron chi connectivity index (χ4n) is 2.31. The van der Waals surface area contributed by atoms with E-state index in [2.05, 4.69) is 17.9 Å². The Balaban J connectivity index is 2.11. The molecule has 1 aromatic carbocycles. The zero-order chi connectivity index (χ0) is 20.8. The standard InChI is InChI=1S/C20H18O8/c1-4-13(21)6-7-14(10-26-17(22)11(2)3)27-18(23)12-5-8-15-16(9-12)20(25)28-19(15)24/h4-5,8-9,14H,1-2,6-7,10H2,3H3. The van der Waals surface area contributed by atoms with Gasteiger partial charge in [0.25, 0.3) is 0 Å². The Morgan fingerprint density at radius 3 is 2.50 bits per heavy atom. The zero-order valence-electron chi connectivity index (χ0n) is 15.2. The lowest BCUT2D eigenvalue weighted by molar-refractivity contribution is -0.142. The molecule has 0 radical (unpaired) electrons. The van der Waals surface area contributed by atoms with Gasteiger partial charge in [-0.2, -0.15) is 0 Å². The van der Waals surface area contributed by atoms with E-state index in [1.165, 1.54) is 25.1 Å². The van der Waals surface area contributed by atoms with E-state index in [-0.39, 0.29) is 47.5 Å². The summed E-state index contributed by atoms with van der Waals surface area (Å²) in [5, 5.41) is 0. The van der Waals surface area contributed by atoms with Crippen molar-refractivity contribution in [3.8, 4) is 0 Å². The molecule has 1 aromatic rings. The van der Waals surface area contributed by atoms with Gasteiger partial charge in [-0.05, 0) is 37.6 Å². The normalized spacial score (nSPS) is 13.2. The maximum Gasteiger partial charge on any atom is 0.346 e. The van der Waals surface area contributed by atoms with Gasteiger partial charge in [0.05, 0.1) is 16.7 Å². The van der Waals surface area contributed by atoms with Crippen LogP contribution in [0.4, 0.5) is 0 Å². The fourth-order valence-corrected chi connectivity index (χ4v) is 2.31. The molecule has 2 rings (SSSR count). The second-order valence-corrected chi connectivity index (χ2v) is 6.05. The topological polar surface area (TPSA) is 113 Å². The molecule has 0 aromatic heterocycles. The van der Waals surface area contributed by atoms with Gasteiger partial charge in [0, 0.05) is 12.0 Å². The van der Waals surface area contributed by atoms with Crippen LogP contribution < -0.4 is 0 Å². The van der Waals surface area contributed by atoms with Crippen molar-refractivity contribution in [1.82, 2.24) is 0 Å². The summed E-state index contributed by atoms with van der Waals surface area (Å²) >= 11 is 0. The molecule has 1 heterocycles. The Kier molecular flexibility index (Phi) is 6.59. The second-order valence-electron chi connectivity index (χ2n) is 6.05. The number of cyclic esters (lactones) is 2. The van der Waals surface area contributed by atoms with E-state index in [0.29, 0.717) is 0 Å². The third-order valence-electron chi connectivity index (χ3n) is 3.84. The molecule has 0 spiro atoms. The van der Waals surface area contributed by atoms with E-state index in [1.807, 2.05) is 0 Å². The second kappa shape index (κ2) is 8.90. The molecule has 0 bridgehead atoms. The van der Waals surface area contributed by atoms with Crippen LogP contribution in [0.5, 0.6) is 0 Å². The zero-order valence-corrected chi connectivity index (χ0v) is 15.2. The summed E-state index contributed by atoms with van der Waals surface area (Å²) in [4.78, 5) is 58.5. The third-order valence-corrected chi connectivity index (χ3v) is 3.84. The van der Waals surface area contributed by atoms with Gasteiger partial charge in [-0.15, -0.1) is 0 Å². The van der Waals surface area contributed by atoms with Gasteiger partial charge in [0.2, 0.25) is 0 Å². The Labute approximate surface area is 160 Å². The van der Waals surface area contributed by atoms with Gasteiger partial charge in [-0.1, -0.05) is 13.2 Å². The number of benzene rings is 1. The molecule has 8 heteroatoms. The lowest BCUT2D eigenvalue weighted by Gasteiger charge is -2.18. The highest BCUT2D eigenvalue weighted by Crippen LogP contribution is 2.22. The first kappa shape index (κ1) is 20.8. The van der Waals surface area contributed by atoms with E-state index >= 15 is 0 Å². The first-order valence-corrected chi connectivity index (χ1v) is 8.32. The molecule has 28 heavy (non-hydrogen) atoms. The van der Waals surface area contributed by atoms with Crippen molar-refractivity contribution in [2.45, 2.75) is 25.9 Å². The number of ketones is 1. The average Bonchev–Trinajstić information content (AvgIpc) is 2.96. The minimum atomic E-state index is -0.901. The van der Waals surface area contributed by atoms with Crippen molar-refractivity contribution >= 4 is 29.7 Å². The summed E-state index contributed by atoms with van der Waals surface area (Å²) in [5.74, 6) is -3.36. The maximum atomic E-state index is 12.4. The van der Waals surface area contributed by atoms with Crippen LogP contribution >= 0.6 is 0 Å². The number of fused-ring (bicyclic) bond motifs is 1. The summed E-state index contributed by atoms with van der Waals surface area (Å²) in [6.45, 7) is 8.02. The average molecular weight is 386 g/mol. The largest absolute Gasteiger partial charge is 0.458 e. The monoisotopic (exact) mass is 386 g/mol. The minimum absolute atomic E-state index is 0.0108. The number of carbonyl (C=O) groups excluding carboxylic acids is 5. The lowest BCUT2D eigenvalue weighted by Crippen LogP contribution is -2.26. The summed E-state index contributed by atoms with van der Waals surface area (Å²) < 4.78 is 14.8. The molecule has 0 amide bonds. The van der Waals surface area contributed by atoms with E-state index < -0.39 is 30.0 Å². The molecular formula is C20H18O8. The van der Waals surface area contributed by atoms with Crippen molar-refractivity contribution < 1.29 is 38.2 Å². The predicted molar refractivity (Wildman–Crippen MR) is 95.6 cm³/mol. The number of rotatable bonds is 9. The molecule has 1 atom stereocenters. The van der Waals surface area contributed by atoms with E-state index in [9.17, 15) is 24.0 Å². The van der Waals surface area contributed by atoms with E-state index in [0.717, 1.165) is 6.08 Å². The summed E-state index contributed by atoms with van der Waals surface area (Å²) in [7, 11) is 0. The van der Waals surface area contributed by atoms with Crippen LogP contribution in [0.2, 0.25) is 0 Å². The molecule has 0 saturated carbocycles. The van der Waals surface area contributed by atoms with E-state index in [4.69, 9.17) is 9.47 Å². The Hall–Kier alpha value is -3.55. The molecule has 1 unspecified atom stereocenters. The number of allylic oxidation sites excluding steroid dienone is 1. The maximum absolute atomic E-state index is 12.4. The molecule has 0 fully saturated rings. The van der Waals surface area contributed by atoms with Gasteiger partial charge >= 0.3 is 23.9 Å². The van der Waals surface area contributed by atoms with Gasteiger partial charge in [0.1, 0.15) is 12.7 Å². The van der Waals surface area contributed by atoms with Crippen molar-refractivity contribution in [3.05, 3.63) is 59.7 Å². The van der Waals surface area contributed by atoms with Crippen LogP contribution in [0.25, 0.3) is 0 Å². The molecule has 8 nitrogen and oxygen atoms in total. The molecular weight excluding hydrogens is 368 g/mol. The molecule has 0 aliphatic carbocycles. The first-order valence-electron chi connectivity index (χ1n) is 8.32. The number of hydrogen-bond acceptors (Lipinski definition) is 8. The lowest BCUT2D eigenvalue weighted by atomic mass is 10.1. The van der Waals surface area contributed by atoms with Gasteiger partial charge in [-0.3, -0.25) is 4.79 Å². The Bertz CT molecular complexity index is 880. The van der Waals surface area contributed by atoms with Crippen LogP contribution in [0.1, 0.15) is 50.8 Å². The summed E-state index contributed by atoms with van der Waals surface area (Å²) in [6.07, 6.45) is 0.381. The van der Waals surface area contributed by atoms with Crippen molar-refractivity contribution in [2.75, 3.05) is 6.61 Å². The quantitative estimate of drug-likeness (QED) is 0.275.